The van der Waals surface area contributed by atoms with Crippen LogP contribution in [0.2, 0.25) is 0 Å². The zero-order valence-corrected chi connectivity index (χ0v) is 11.1. The lowest BCUT2D eigenvalue weighted by Gasteiger charge is -2.09. The Kier molecular flexibility index (Phi) is 4.74. The Hall–Kier alpha value is -3.05. The van der Waals surface area contributed by atoms with Crippen LogP contribution in [0.1, 0.15) is 11.1 Å². The fourth-order valence-corrected chi connectivity index (χ4v) is 1.79. The van der Waals surface area contributed by atoms with E-state index in [1.165, 1.54) is 12.1 Å². The summed E-state index contributed by atoms with van der Waals surface area (Å²) in [4.78, 5) is 0. The molecule has 0 aromatic heterocycles. The molecule has 4 nitrogen and oxygen atoms in total. The maximum Gasteiger partial charge on any atom is 0.174 e. The second kappa shape index (κ2) is 6.93. The van der Waals surface area contributed by atoms with Gasteiger partial charge in [-0.25, -0.2) is 4.39 Å². The topological polar surface area (TPSA) is 68.8 Å². The summed E-state index contributed by atoms with van der Waals surface area (Å²) >= 11 is 0. The average molecular weight is 281 g/mol. The minimum absolute atomic E-state index is 0.000370. The van der Waals surface area contributed by atoms with Gasteiger partial charge in [0.05, 0.1) is 5.56 Å². The quantitative estimate of drug-likeness (QED) is 0.913. The standard InChI is InChI=1S/C16H12FN3O/c17-16-5-4-14(9-13(16)10-19)20-11-12-2-1-3-15(8-12)21-7-6-18/h1-5,8-9,20H,7,11H2. The van der Waals surface area contributed by atoms with E-state index in [1.807, 2.05) is 24.3 Å². The molecule has 0 aliphatic carbocycles. The van der Waals surface area contributed by atoms with Gasteiger partial charge in [0.1, 0.15) is 23.7 Å². The minimum Gasteiger partial charge on any atom is -0.479 e. The highest BCUT2D eigenvalue weighted by Crippen LogP contribution is 2.17. The number of anilines is 1. The molecule has 5 heteroatoms. The van der Waals surface area contributed by atoms with Crippen LogP contribution in [0.4, 0.5) is 10.1 Å². The summed E-state index contributed by atoms with van der Waals surface area (Å²) < 4.78 is 18.4. The number of rotatable bonds is 5. The van der Waals surface area contributed by atoms with Crippen molar-refractivity contribution in [1.82, 2.24) is 0 Å². The number of ether oxygens (including phenoxy) is 1. The first-order valence-corrected chi connectivity index (χ1v) is 6.25. The van der Waals surface area contributed by atoms with Gasteiger partial charge in [0.2, 0.25) is 0 Å². The van der Waals surface area contributed by atoms with Crippen LogP contribution in [-0.4, -0.2) is 6.61 Å². The van der Waals surface area contributed by atoms with Crippen LogP contribution in [0.25, 0.3) is 0 Å². The zero-order valence-electron chi connectivity index (χ0n) is 11.1. The lowest BCUT2D eigenvalue weighted by Crippen LogP contribution is -2.01. The Morgan fingerprint density at radius 3 is 2.76 bits per heavy atom. The van der Waals surface area contributed by atoms with Crippen LogP contribution >= 0.6 is 0 Å². The van der Waals surface area contributed by atoms with Crippen molar-refractivity contribution in [3.63, 3.8) is 0 Å². The number of hydrogen-bond donors (Lipinski definition) is 1. The van der Waals surface area contributed by atoms with E-state index in [9.17, 15) is 4.39 Å². The van der Waals surface area contributed by atoms with Crippen LogP contribution < -0.4 is 10.1 Å². The van der Waals surface area contributed by atoms with Crippen molar-refractivity contribution in [3.05, 3.63) is 59.4 Å². The molecule has 0 heterocycles. The number of halogens is 1. The molecule has 2 aromatic rings. The van der Waals surface area contributed by atoms with Crippen molar-refractivity contribution in [2.45, 2.75) is 6.54 Å². The summed E-state index contributed by atoms with van der Waals surface area (Å²) in [5.74, 6) is 0.0858. The van der Waals surface area contributed by atoms with Gasteiger partial charge >= 0.3 is 0 Å². The van der Waals surface area contributed by atoms with Crippen LogP contribution in [0.15, 0.2) is 42.5 Å². The Labute approximate surface area is 122 Å². The normalized spacial score (nSPS) is 9.48. The largest absolute Gasteiger partial charge is 0.479 e. The van der Waals surface area contributed by atoms with Gasteiger partial charge in [0.15, 0.2) is 6.61 Å². The zero-order chi connectivity index (χ0) is 15.1. The van der Waals surface area contributed by atoms with Gasteiger partial charge in [-0.2, -0.15) is 10.5 Å². The molecule has 0 unspecified atom stereocenters. The van der Waals surface area contributed by atoms with E-state index in [-0.39, 0.29) is 12.2 Å². The third-order valence-electron chi connectivity index (χ3n) is 2.79. The molecule has 0 radical (unpaired) electrons. The molecule has 0 atom stereocenters. The van der Waals surface area contributed by atoms with Gasteiger partial charge in [0, 0.05) is 12.2 Å². The van der Waals surface area contributed by atoms with Crippen LogP contribution in [0.5, 0.6) is 5.75 Å². The maximum atomic E-state index is 13.2. The van der Waals surface area contributed by atoms with E-state index in [0.29, 0.717) is 18.0 Å². The van der Waals surface area contributed by atoms with E-state index in [4.69, 9.17) is 15.3 Å². The third kappa shape index (κ3) is 3.95. The fourth-order valence-electron chi connectivity index (χ4n) is 1.79. The Balaban J connectivity index is 2.03. The highest BCUT2D eigenvalue weighted by molar-refractivity contribution is 5.50. The first-order chi connectivity index (χ1) is 10.2. The molecule has 2 rings (SSSR count). The number of nitriles is 2. The first kappa shape index (κ1) is 14.4. The summed E-state index contributed by atoms with van der Waals surface area (Å²) in [7, 11) is 0. The maximum absolute atomic E-state index is 13.2. The molecule has 0 saturated heterocycles. The molecule has 21 heavy (non-hydrogen) atoms. The average Bonchev–Trinajstić information content (AvgIpc) is 2.52. The van der Waals surface area contributed by atoms with Crippen molar-refractivity contribution in [2.75, 3.05) is 11.9 Å². The van der Waals surface area contributed by atoms with Crippen LogP contribution in [-0.2, 0) is 6.54 Å². The molecule has 2 aromatic carbocycles. The van der Waals surface area contributed by atoms with E-state index in [0.717, 1.165) is 5.56 Å². The lowest BCUT2D eigenvalue weighted by atomic mass is 10.2. The SMILES string of the molecule is N#CCOc1cccc(CNc2ccc(F)c(C#N)c2)c1. The van der Waals surface area contributed by atoms with E-state index >= 15 is 0 Å². The van der Waals surface area contributed by atoms with Gasteiger partial charge in [-0.1, -0.05) is 12.1 Å². The first-order valence-electron chi connectivity index (χ1n) is 6.25. The Morgan fingerprint density at radius 1 is 1.14 bits per heavy atom. The number of benzene rings is 2. The van der Waals surface area contributed by atoms with Crippen molar-refractivity contribution in [1.29, 1.82) is 10.5 Å². The van der Waals surface area contributed by atoms with E-state index in [1.54, 1.807) is 18.2 Å². The summed E-state index contributed by atoms with van der Waals surface area (Å²) in [6, 6.07) is 15.3. The molecule has 0 fully saturated rings. The summed E-state index contributed by atoms with van der Waals surface area (Å²) in [6.07, 6.45) is 0. The third-order valence-corrected chi connectivity index (χ3v) is 2.79. The molecule has 0 aliphatic rings. The van der Waals surface area contributed by atoms with Gasteiger partial charge in [-0.3, -0.25) is 0 Å². The monoisotopic (exact) mass is 281 g/mol. The van der Waals surface area contributed by atoms with E-state index in [2.05, 4.69) is 5.32 Å². The molecule has 1 N–H and O–H groups in total. The predicted molar refractivity (Wildman–Crippen MR) is 76.0 cm³/mol. The molecule has 0 aliphatic heterocycles. The van der Waals surface area contributed by atoms with Crippen LogP contribution in [0.3, 0.4) is 0 Å². The second-order valence-corrected chi connectivity index (χ2v) is 4.25. The highest BCUT2D eigenvalue weighted by atomic mass is 19.1. The second-order valence-electron chi connectivity index (χ2n) is 4.25. The van der Waals surface area contributed by atoms with Crippen molar-refractivity contribution in [3.8, 4) is 17.9 Å². The van der Waals surface area contributed by atoms with Crippen molar-refractivity contribution >= 4 is 5.69 Å². The number of nitrogens with zero attached hydrogens (tertiary/aromatic N) is 2. The van der Waals surface area contributed by atoms with Crippen LogP contribution in [0, 0.1) is 28.5 Å². The molecular weight excluding hydrogens is 269 g/mol. The van der Waals surface area contributed by atoms with Gasteiger partial charge in [-0.15, -0.1) is 0 Å². The summed E-state index contributed by atoms with van der Waals surface area (Å²) in [5.41, 5.74) is 1.62. The summed E-state index contributed by atoms with van der Waals surface area (Å²) in [5, 5.41) is 20.4. The number of hydrogen-bond acceptors (Lipinski definition) is 4. The molecular formula is C16H12FN3O. The summed E-state index contributed by atoms with van der Waals surface area (Å²) in [6.45, 7) is 0.501. The van der Waals surface area contributed by atoms with Crippen molar-refractivity contribution in [2.24, 2.45) is 0 Å². The minimum atomic E-state index is -0.532. The predicted octanol–water partition coefficient (Wildman–Crippen LogP) is 3.21. The molecule has 104 valence electrons. The smallest absolute Gasteiger partial charge is 0.174 e. The van der Waals surface area contributed by atoms with Gasteiger partial charge < -0.3 is 10.1 Å². The molecule has 0 spiro atoms. The van der Waals surface area contributed by atoms with E-state index < -0.39 is 5.82 Å². The van der Waals surface area contributed by atoms with Crippen molar-refractivity contribution < 1.29 is 9.13 Å². The Bertz CT molecular complexity index is 716. The molecule has 0 bridgehead atoms. The Morgan fingerprint density at radius 2 is 2.00 bits per heavy atom. The fraction of sp³-hybridized carbons (Fsp3) is 0.125. The molecule has 0 saturated carbocycles. The highest BCUT2D eigenvalue weighted by Gasteiger charge is 2.03. The van der Waals surface area contributed by atoms with Gasteiger partial charge in [0.25, 0.3) is 0 Å². The number of nitrogens with one attached hydrogen (secondary N) is 1. The van der Waals surface area contributed by atoms with Gasteiger partial charge in [-0.05, 0) is 35.9 Å². The lowest BCUT2D eigenvalue weighted by molar-refractivity contribution is 0.368. The molecule has 0 amide bonds.